The molecule has 0 bridgehead atoms. The van der Waals surface area contributed by atoms with E-state index in [1.54, 1.807) is 6.92 Å². The van der Waals surface area contributed by atoms with Crippen LogP contribution in [0.2, 0.25) is 0 Å². The Morgan fingerprint density at radius 1 is 1.38 bits per heavy atom. The predicted octanol–water partition coefficient (Wildman–Crippen LogP) is 2.37. The molecule has 5 nitrogen and oxygen atoms in total. The number of carbonyl (C=O) groups is 2. The summed E-state index contributed by atoms with van der Waals surface area (Å²) in [6.45, 7) is 1.75. The summed E-state index contributed by atoms with van der Waals surface area (Å²) in [6, 6.07) is 1.75. The Balaban J connectivity index is 2.48. The second-order valence-corrected chi connectivity index (χ2v) is 4.56. The predicted molar refractivity (Wildman–Crippen MR) is 70.9 cm³/mol. The fourth-order valence-electron chi connectivity index (χ4n) is 2.32. The van der Waals surface area contributed by atoms with Crippen molar-refractivity contribution >= 4 is 17.7 Å². The van der Waals surface area contributed by atoms with Crippen molar-refractivity contribution in [2.24, 2.45) is 10.9 Å². The van der Waals surface area contributed by atoms with Crippen molar-refractivity contribution in [1.82, 2.24) is 5.32 Å². The van der Waals surface area contributed by atoms with Gasteiger partial charge in [-0.25, -0.2) is 18.6 Å². The first-order valence-electron chi connectivity index (χ1n) is 6.38. The van der Waals surface area contributed by atoms with Gasteiger partial charge in [-0.3, -0.25) is 4.79 Å². The van der Waals surface area contributed by atoms with Crippen LogP contribution < -0.4 is 5.32 Å². The quantitative estimate of drug-likeness (QED) is 0.871. The van der Waals surface area contributed by atoms with Crippen LogP contribution in [0.15, 0.2) is 23.2 Å². The smallest absolute Gasteiger partial charge is 0.341 e. The molecule has 0 spiro atoms. The second-order valence-electron chi connectivity index (χ2n) is 4.56. The Morgan fingerprint density at radius 3 is 2.67 bits per heavy atom. The van der Waals surface area contributed by atoms with Crippen molar-refractivity contribution in [2.75, 3.05) is 7.11 Å². The molecule has 0 radical (unpaired) electrons. The first kappa shape index (κ1) is 15.1. The van der Waals surface area contributed by atoms with Crippen LogP contribution in [0.25, 0.3) is 0 Å². The van der Waals surface area contributed by atoms with Crippen LogP contribution in [0, 0.1) is 17.6 Å². The highest BCUT2D eigenvalue weighted by molar-refractivity contribution is 6.09. The Kier molecular flexibility index (Phi) is 4.30. The van der Waals surface area contributed by atoms with Gasteiger partial charge < -0.3 is 10.1 Å². The first-order chi connectivity index (χ1) is 9.97. The maximum atomic E-state index is 13.4. The highest BCUT2D eigenvalue weighted by Crippen LogP contribution is 2.29. The lowest BCUT2D eigenvalue weighted by atomic mass is 9.86. The normalized spacial score (nSPS) is 21.5. The van der Waals surface area contributed by atoms with Gasteiger partial charge in [0, 0.05) is 5.71 Å². The molecule has 2 atom stereocenters. The third kappa shape index (κ3) is 2.91. The molecule has 0 saturated heterocycles. The molecule has 1 N–H and O–H groups in total. The van der Waals surface area contributed by atoms with E-state index in [1.165, 1.54) is 13.2 Å². The van der Waals surface area contributed by atoms with E-state index in [2.05, 4.69) is 10.3 Å². The van der Waals surface area contributed by atoms with Gasteiger partial charge in [0.05, 0.1) is 13.2 Å². The average molecular weight is 296 g/mol. The standard InChI is InChI=1S/C14H14F2N2O3/c1-3-10-11(13(19)21-2)12(18-14(20)17-10)7-4-5-8(15)9(16)6-7/h4-6,11-12H,3H2,1-2H3,(H,18,20). The summed E-state index contributed by atoms with van der Waals surface area (Å²) in [5, 5.41) is 2.49. The van der Waals surface area contributed by atoms with Gasteiger partial charge >= 0.3 is 12.0 Å². The van der Waals surface area contributed by atoms with Gasteiger partial charge in [0.1, 0.15) is 5.92 Å². The highest BCUT2D eigenvalue weighted by atomic mass is 19.2. The molecule has 0 fully saturated rings. The van der Waals surface area contributed by atoms with Crippen LogP contribution in [0.1, 0.15) is 24.9 Å². The number of nitrogens with zero attached hydrogens (tertiary/aromatic N) is 1. The summed E-state index contributed by atoms with van der Waals surface area (Å²) in [6.07, 6.45) is 0.368. The monoisotopic (exact) mass is 296 g/mol. The highest BCUT2D eigenvalue weighted by Gasteiger charge is 2.38. The van der Waals surface area contributed by atoms with E-state index in [-0.39, 0.29) is 5.56 Å². The van der Waals surface area contributed by atoms with Crippen LogP contribution in [0.4, 0.5) is 13.6 Å². The summed E-state index contributed by atoms with van der Waals surface area (Å²) in [7, 11) is 1.22. The zero-order valence-electron chi connectivity index (χ0n) is 11.5. The maximum absolute atomic E-state index is 13.4. The molecule has 1 aromatic rings. The van der Waals surface area contributed by atoms with E-state index in [0.29, 0.717) is 12.1 Å². The number of rotatable bonds is 3. The first-order valence-corrected chi connectivity index (χ1v) is 6.38. The molecule has 7 heteroatoms. The molecule has 0 saturated carbocycles. The molecule has 1 aliphatic rings. The fraction of sp³-hybridized carbons (Fsp3) is 0.357. The molecule has 2 amide bonds. The largest absolute Gasteiger partial charge is 0.468 e. The number of amides is 2. The van der Waals surface area contributed by atoms with Crippen molar-refractivity contribution in [3.05, 3.63) is 35.4 Å². The maximum Gasteiger partial charge on any atom is 0.341 e. The molecular weight excluding hydrogens is 282 g/mol. The second kappa shape index (κ2) is 5.99. The number of benzene rings is 1. The molecule has 0 aliphatic carbocycles. The van der Waals surface area contributed by atoms with Crippen LogP contribution in [0.5, 0.6) is 0 Å². The lowest BCUT2D eigenvalue weighted by Crippen LogP contribution is -2.44. The number of ether oxygens (including phenoxy) is 1. The van der Waals surface area contributed by atoms with Gasteiger partial charge in [-0.15, -0.1) is 0 Å². The van der Waals surface area contributed by atoms with Gasteiger partial charge in [0.2, 0.25) is 0 Å². The summed E-state index contributed by atoms with van der Waals surface area (Å²) in [5.74, 6) is -3.50. The van der Waals surface area contributed by atoms with Crippen molar-refractivity contribution in [3.63, 3.8) is 0 Å². The molecule has 21 heavy (non-hydrogen) atoms. The number of nitrogens with one attached hydrogen (secondary N) is 1. The number of methoxy groups -OCH3 is 1. The number of hydrogen-bond acceptors (Lipinski definition) is 3. The van der Waals surface area contributed by atoms with Gasteiger partial charge in [-0.05, 0) is 24.1 Å². The number of halogens is 2. The van der Waals surface area contributed by atoms with E-state index in [0.717, 1.165) is 12.1 Å². The summed E-state index contributed by atoms with van der Waals surface area (Å²) >= 11 is 0. The van der Waals surface area contributed by atoms with E-state index < -0.39 is 35.6 Å². The minimum atomic E-state index is -1.05. The van der Waals surface area contributed by atoms with Gasteiger partial charge in [0.15, 0.2) is 11.6 Å². The zero-order chi connectivity index (χ0) is 15.6. The SMILES string of the molecule is CCC1=NC(=O)NC(c2ccc(F)c(F)c2)C1C(=O)OC. The van der Waals surface area contributed by atoms with Crippen molar-refractivity contribution < 1.29 is 23.1 Å². The minimum absolute atomic E-state index is 0.276. The molecule has 112 valence electrons. The van der Waals surface area contributed by atoms with Crippen molar-refractivity contribution in [1.29, 1.82) is 0 Å². The number of esters is 1. The molecule has 2 rings (SSSR count). The van der Waals surface area contributed by atoms with Crippen LogP contribution in [-0.2, 0) is 9.53 Å². The number of hydrogen-bond donors (Lipinski definition) is 1. The minimum Gasteiger partial charge on any atom is -0.468 e. The van der Waals surface area contributed by atoms with Crippen molar-refractivity contribution in [3.8, 4) is 0 Å². The third-order valence-electron chi connectivity index (χ3n) is 3.34. The topological polar surface area (TPSA) is 67.8 Å². The number of aliphatic imine (C=N–C) groups is 1. The van der Waals surface area contributed by atoms with E-state index in [1.807, 2.05) is 0 Å². The lowest BCUT2D eigenvalue weighted by Gasteiger charge is -2.30. The number of urea groups is 1. The number of carbonyl (C=O) groups excluding carboxylic acids is 2. The molecule has 0 aromatic heterocycles. The van der Waals surface area contributed by atoms with E-state index in [4.69, 9.17) is 4.74 Å². The molecule has 1 aromatic carbocycles. The summed E-state index contributed by atoms with van der Waals surface area (Å²) in [4.78, 5) is 27.3. The van der Waals surface area contributed by atoms with E-state index >= 15 is 0 Å². The van der Waals surface area contributed by atoms with Crippen LogP contribution >= 0.6 is 0 Å². The van der Waals surface area contributed by atoms with Crippen LogP contribution in [-0.4, -0.2) is 24.8 Å². The fourth-order valence-corrected chi connectivity index (χ4v) is 2.32. The van der Waals surface area contributed by atoms with Gasteiger partial charge in [0.25, 0.3) is 0 Å². The van der Waals surface area contributed by atoms with Crippen LogP contribution in [0.3, 0.4) is 0 Å². The lowest BCUT2D eigenvalue weighted by molar-refractivity contribution is -0.143. The average Bonchev–Trinajstić information content (AvgIpc) is 2.48. The Morgan fingerprint density at radius 2 is 2.10 bits per heavy atom. The zero-order valence-corrected chi connectivity index (χ0v) is 11.5. The molecule has 2 unspecified atom stereocenters. The van der Waals surface area contributed by atoms with Gasteiger partial charge in [-0.1, -0.05) is 13.0 Å². The summed E-state index contributed by atoms with van der Waals surface area (Å²) in [5.41, 5.74) is 0.624. The van der Waals surface area contributed by atoms with Crippen molar-refractivity contribution in [2.45, 2.75) is 19.4 Å². The van der Waals surface area contributed by atoms with Gasteiger partial charge in [-0.2, -0.15) is 0 Å². The Labute approximate surface area is 120 Å². The molecular formula is C14H14F2N2O3. The Bertz CT molecular complexity index is 616. The Hall–Kier alpha value is -2.31. The summed E-state index contributed by atoms with van der Waals surface area (Å²) < 4.78 is 31.1. The molecule has 1 heterocycles. The van der Waals surface area contributed by atoms with E-state index in [9.17, 15) is 18.4 Å². The third-order valence-corrected chi connectivity index (χ3v) is 3.34. The molecule has 1 aliphatic heterocycles.